The van der Waals surface area contributed by atoms with E-state index in [9.17, 15) is 0 Å². The van der Waals surface area contributed by atoms with E-state index in [1.807, 2.05) is 6.92 Å². The second-order valence-corrected chi connectivity index (χ2v) is 5.12. The molecule has 0 aliphatic heterocycles. The quantitative estimate of drug-likeness (QED) is 0.329. The van der Waals surface area contributed by atoms with Crippen LogP contribution in [0.5, 0.6) is 0 Å². The standard InChI is InChI=1S/C16H36N4O/c1-6-17-16(18-12-10-11-13-21-9-4)19-14-15(5)20(7-2)8-3/h15H,6-14H2,1-5H3,(H2,17,18,19). The number of rotatable bonds is 12. The van der Waals surface area contributed by atoms with Crippen LogP contribution in [0.15, 0.2) is 4.99 Å². The van der Waals surface area contributed by atoms with Gasteiger partial charge in [-0.3, -0.25) is 9.89 Å². The van der Waals surface area contributed by atoms with E-state index in [0.717, 1.165) is 64.7 Å². The third-order valence-electron chi connectivity index (χ3n) is 3.51. The molecule has 5 heteroatoms. The van der Waals surface area contributed by atoms with Gasteiger partial charge in [-0.25, -0.2) is 0 Å². The predicted octanol–water partition coefficient (Wildman–Crippen LogP) is 2.09. The Morgan fingerprint density at radius 1 is 1.10 bits per heavy atom. The van der Waals surface area contributed by atoms with Gasteiger partial charge in [0.15, 0.2) is 5.96 Å². The molecule has 2 N–H and O–H groups in total. The van der Waals surface area contributed by atoms with Crippen molar-refractivity contribution in [2.45, 2.75) is 53.5 Å². The summed E-state index contributed by atoms with van der Waals surface area (Å²) in [6.45, 7) is 17.2. The third kappa shape index (κ3) is 10.5. The van der Waals surface area contributed by atoms with Crippen LogP contribution in [0, 0.1) is 0 Å². The molecule has 0 aromatic heterocycles. The molecule has 126 valence electrons. The SMILES string of the molecule is CCNC(=NCC(C)N(CC)CC)NCCCCOCC. The molecule has 0 aromatic carbocycles. The summed E-state index contributed by atoms with van der Waals surface area (Å²) in [6.07, 6.45) is 2.20. The zero-order valence-electron chi connectivity index (χ0n) is 14.7. The van der Waals surface area contributed by atoms with Crippen molar-refractivity contribution in [3.63, 3.8) is 0 Å². The first-order valence-corrected chi connectivity index (χ1v) is 8.53. The Hall–Kier alpha value is -0.810. The van der Waals surface area contributed by atoms with Crippen molar-refractivity contribution in [1.82, 2.24) is 15.5 Å². The highest BCUT2D eigenvalue weighted by Gasteiger charge is 2.09. The number of nitrogens with one attached hydrogen (secondary N) is 2. The van der Waals surface area contributed by atoms with Crippen molar-refractivity contribution >= 4 is 5.96 Å². The first-order valence-electron chi connectivity index (χ1n) is 8.53. The molecule has 1 atom stereocenters. The minimum Gasteiger partial charge on any atom is -0.382 e. The van der Waals surface area contributed by atoms with Gasteiger partial charge in [0, 0.05) is 32.3 Å². The van der Waals surface area contributed by atoms with Gasteiger partial charge < -0.3 is 15.4 Å². The number of unbranched alkanes of at least 4 members (excludes halogenated alkanes) is 1. The molecule has 0 bridgehead atoms. The van der Waals surface area contributed by atoms with Crippen molar-refractivity contribution in [2.24, 2.45) is 4.99 Å². The van der Waals surface area contributed by atoms with Gasteiger partial charge in [0.25, 0.3) is 0 Å². The molecule has 0 rings (SSSR count). The lowest BCUT2D eigenvalue weighted by Gasteiger charge is -2.25. The average Bonchev–Trinajstić information content (AvgIpc) is 2.49. The minimum atomic E-state index is 0.480. The summed E-state index contributed by atoms with van der Waals surface area (Å²) in [5.74, 6) is 0.924. The first-order chi connectivity index (χ1) is 10.2. The molecule has 1 unspecified atom stereocenters. The Morgan fingerprint density at radius 3 is 2.38 bits per heavy atom. The number of hydrogen-bond acceptors (Lipinski definition) is 3. The molecule has 0 saturated heterocycles. The number of hydrogen-bond donors (Lipinski definition) is 2. The van der Waals surface area contributed by atoms with E-state index in [1.54, 1.807) is 0 Å². The zero-order valence-corrected chi connectivity index (χ0v) is 14.7. The van der Waals surface area contributed by atoms with Crippen molar-refractivity contribution in [2.75, 3.05) is 45.9 Å². The number of likely N-dealkylation sites (N-methyl/N-ethyl adjacent to an activating group) is 1. The normalized spacial score (nSPS) is 13.5. The third-order valence-corrected chi connectivity index (χ3v) is 3.51. The van der Waals surface area contributed by atoms with E-state index in [2.05, 4.69) is 48.2 Å². The molecule has 0 aliphatic carbocycles. The lowest BCUT2D eigenvalue weighted by molar-refractivity contribution is 0.143. The lowest BCUT2D eigenvalue weighted by Crippen LogP contribution is -2.40. The summed E-state index contributed by atoms with van der Waals surface area (Å²) in [6, 6.07) is 0.480. The molecular weight excluding hydrogens is 264 g/mol. The molecule has 0 fully saturated rings. The molecule has 0 aromatic rings. The lowest BCUT2D eigenvalue weighted by atomic mass is 10.3. The number of aliphatic imine (C=N–C) groups is 1. The molecule has 0 radical (unpaired) electrons. The second kappa shape index (κ2) is 14.1. The summed E-state index contributed by atoms with van der Waals surface area (Å²) in [7, 11) is 0. The van der Waals surface area contributed by atoms with Gasteiger partial charge in [-0.1, -0.05) is 13.8 Å². The fraction of sp³-hybridized carbons (Fsp3) is 0.938. The monoisotopic (exact) mass is 300 g/mol. The van der Waals surface area contributed by atoms with Crippen LogP contribution in [0.25, 0.3) is 0 Å². The van der Waals surface area contributed by atoms with Gasteiger partial charge in [-0.15, -0.1) is 0 Å². The minimum absolute atomic E-state index is 0.480. The van der Waals surface area contributed by atoms with Crippen LogP contribution in [0.3, 0.4) is 0 Å². The predicted molar refractivity (Wildman–Crippen MR) is 92.1 cm³/mol. The van der Waals surface area contributed by atoms with Crippen molar-refractivity contribution in [1.29, 1.82) is 0 Å². The summed E-state index contributed by atoms with van der Waals surface area (Å²) in [5, 5.41) is 6.70. The van der Waals surface area contributed by atoms with Gasteiger partial charge in [-0.05, 0) is 46.7 Å². The van der Waals surface area contributed by atoms with Crippen molar-refractivity contribution in [3.8, 4) is 0 Å². The molecule has 0 amide bonds. The molecule has 0 aliphatic rings. The second-order valence-electron chi connectivity index (χ2n) is 5.12. The Balaban J connectivity index is 4.06. The maximum atomic E-state index is 5.34. The van der Waals surface area contributed by atoms with Crippen LogP contribution in [-0.4, -0.2) is 62.8 Å². The van der Waals surface area contributed by atoms with Gasteiger partial charge in [0.2, 0.25) is 0 Å². The highest BCUT2D eigenvalue weighted by atomic mass is 16.5. The number of nitrogens with zero attached hydrogens (tertiary/aromatic N) is 2. The number of guanidine groups is 1. The van der Waals surface area contributed by atoms with E-state index in [-0.39, 0.29) is 0 Å². The molecule has 5 nitrogen and oxygen atoms in total. The maximum absolute atomic E-state index is 5.34. The molecule has 0 spiro atoms. The molecule has 0 heterocycles. The zero-order chi connectivity index (χ0) is 15.9. The Morgan fingerprint density at radius 2 is 1.81 bits per heavy atom. The Kier molecular flexibility index (Phi) is 13.6. The fourth-order valence-electron chi connectivity index (χ4n) is 2.21. The fourth-order valence-corrected chi connectivity index (χ4v) is 2.21. The summed E-state index contributed by atoms with van der Waals surface area (Å²) >= 11 is 0. The van der Waals surface area contributed by atoms with Crippen LogP contribution in [0.2, 0.25) is 0 Å². The van der Waals surface area contributed by atoms with Crippen LogP contribution in [0.4, 0.5) is 0 Å². The smallest absolute Gasteiger partial charge is 0.191 e. The highest BCUT2D eigenvalue weighted by molar-refractivity contribution is 5.79. The van der Waals surface area contributed by atoms with E-state index >= 15 is 0 Å². The first kappa shape index (κ1) is 20.2. The maximum Gasteiger partial charge on any atom is 0.191 e. The van der Waals surface area contributed by atoms with Gasteiger partial charge >= 0.3 is 0 Å². The topological polar surface area (TPSA) is 48.9 Å². The Bertz CT molecular complexity index is 255. The summed E-state index contributed by atoms with van der Waals surface area (Å²) in [4.78, 5) is 7.11. The van der Waals surface area contributed by atoms with Crippen molar-refractivity contribution < 1.29 is 4.74 Å². The Labute approximate surface area is 131 Å². The molecule has 0 saturated carbocycles. The van der Waals surface area contributed by atoms with Crippen LogP contribution in [0.1, 0.15) is 47.5 Å². The van der Waals surface area contributed by atoms with E-state index in [4.69, 9.17) is 4.74 Å². The summed E-state index contributed by atoms with van der Waals surface area (Å²) in [5.41, 5.74) is 0. The van der Waals surface area contributed by atoms with E-state index in [0.29, 0.717) is 6.04 Å². The number of ether oxygens (including phenoxy) is 1. The van der Waals surface area contributed by atoms with Crippen LogP contribution in [-0.2, 0) is 4.74 Å². The van der Waals surface area contributed by atoms with E-state index in [1.165, 1.54) is 0 Å². The highest BCUT2D eigenvalue weighted by Crippen LogP contribution is 1.98. The van der Waals surface area contributed by atoms with Crippen LogP contribution >= 0.6 is 0 Å². The van der Waals surface area contributed by atoms with Gasteiger partial charge in [0.05, 0.1) is 6.54 Å². The average molecular weight is 300 g/mol. The largest absolute Gasteiger partial charge is 0.382 e. The van der Waals surface area contributed by atoms with E-state index < -0.39 is 0 Å². The van der Waals surface area contributed by atoms with Crippen molar-refractivity contribution in [3.05, 3.63) is 0 Å². The van der Waals surface area contributed by atoms with Gasteiger partial charge in [-0.2, -0.15) is 0 Å². The molecular formula is C16H36N4O. The van der Waals surface area contributed by atoms with Gasteiger partial charge in [0.1, 0.15) is 0 Å². The summed E-state index contributed by atoms with van der Waals surface area (Å²) < 4.78 is 5.34. The van der Waals surface area contributed by atoms with Crippen LogP contribution < -0.4 is 10.6 Å². The molecule has 21 heavy (non-hydrogen) atoms.